The molecule has 1 aliphatic rings. The molecule has 1 aliphatic heterocycles. The fourth-order valence-corrected chi connectivity index (χ4v) is 5.74. The summed E-state index contributed by atoms with van der Waals surface area (Å²) < 4.78 is 29.8. The Labute approximate surface area is 211 Å². The number of carbonyl (C=O) groups excluding carboxylic acids is 2. The van der Waals surface area contributed by atoms with Crippen molar-refractivity contribution in [2.45, 2.75) is 25.9 Å². The second kappa shape index (κ2) is 9.53. The molecule has 4 N–H and O–H groups in total. The van der Waals surface area contributed by atoms with Crippen molar-refractivity contribution in [3.05, 3.63) is 71.8 Å². The number of nitrogens with two attached hydrogens (primary N) is 1. The van der Waals surface area contributed by atoms with Gasteiger partial charge in [-0.15, -0.1) is 0 Å². The van der Waals surface area contributed by atoms with Crippen molar-refractivity contribution >= 4 is 44.2 Å². The highest BCUT2D eigenvalue weighted by Gasteiger charge is 2.49. The summed E-state index contributed by atoms with van der Waals surface area (Å²) in [6.45, 7) is 3.42. The van der Waals surface area contributed by atoms with Gasteiger partial charge in [-0.2, -0.15) is 8.42 Å². The molecular formula is C26H31N5O4S. The van der Waals surface area contributed by atoms with E-state index in [1.807, 2.05) is 43.3 Å². The highest BCUT2D eigenvalue weighted by molar-refractivity contribution is 7.90. The minimum Gasteiger partial charge on any atom is -0.368 e. The van der Waals surface area contributed by atoms with Gasteiger partial charge < -0.3 is 16.0 Å². The molecule has 10 heteroatoms. The number of rotatable bonds is 7. The molecule has 0 radical (unpaired) electrons. The first kappa shape index (κ1) is 25.6. The van der Waals surface area contributed by atoms with Gasteiger partial charge in [0.05, 0.1) is 23.8 Å². The lowest BCUT2D eigenvalue weighted by atomic mass is 9.83. The summed E-state index contributed by atoms with van der Waals surface area (Å²) in [7, 11) is -1.18. The van der Waals surface area contributed by atoms with E-state index < -0.39 is 33.5 Å². The highest BCUT2D eigenvalue weighted by atomic mass is 32.2. The highest BCUT2D eigenvalue weighted by Crippen LogP contribution is 2.39. The van der Waals surface area contributed by atoms with Gasteiger partial charge in [-0.3, -0.25) is 13.9 Å². The number of amides is 2. The van der Waals surface area contributed by atoms with Gasteiger partial charge in [-0.25, -0.2) is 4.72 Å². The number of nitrogens with one attached hydrogen (secondary N) is 2. The van der Waals surface area contributed by atoms with Crippen LogP contribution in [0.4, 0.5) is 11.4 Å². The van der Waals surface area contributed by atoms with Crippen molar-refractivity contribution in [1.29, 1.82) is 0 Å². The van der Waals surface area contributed by atoms with Gasteiger partial charge in [-0.1, -0.05) is 48.5 Å². The largest absolute Gasteiger partial charge is 0.368 e. The number of benzene rings is 3. The maximum Gasteiger partial charge on any atom is 0.301 e. The van der Waals surface area contributed by atoms with Crippen molar-refractivity contribution in [3.8, 4) is 0 Å². The van der Waals surface area contributed by atoms with Gasteiger partial charge >= 0.3 is 10.2 Å². The van der Waals surface area contributed by atoms with E-state index in [-0.39, 0.29) is 13.1 Å². The molecule has 0 saturated carbocycles. The zero-order valence-corrected chi connectivity index (χ0v) is 21.6. The van der Waals surface area contributed by atoms with Crippen LogP contribution in [0.2, 0.25) is 0 Å². The summed E-state index contributed by atoms with van der Waals surface area (Å²) in [6.07, 6.45) is 0. The fraction of sp³-hybridized carbons (Fsp3) is 0.308. The Morgan fingerprint density at radius 3 is 2.33 bits per heavy atom. The molecule has 1 heterocycles. The minimum atomic E-state index is -4.02. The molecule has 3 aromatic carbocycles. The minimum absolute atomic E-state index is 0.186. The van der Waals surface area contributed by atoms with Crippen LogP contribution >= 0.6 is 0 Å². The molecule has 3 aromatic rings. The molecule has 0 saturated heterocycles. The number of anilines is 2. The van der Waals surface area contributed by atoms with Crippen molar-refractivity contribution < 1.29 is 18.0 Å². The van der Waals surface area contributed by atoms with Gasteiger partial charge in [-0.05, 0) is 54.9 Å². The molecule has 0 aromatic heterocycles. The first-order chi connectivity index (χ1) is 17.0. The summed E-state index contributed by atoms with van der Waals surface area (Å²) in [5, 5.41) is 4.91. The summed E-state index contributed by atoms with van der Waals surface area (Å²) in [5.41, 5.74) is 6.94. The van der Waals surface area contributed by atoms with Gasteiger partial charge in [0.15, 0.2) is 0 Å². The van der Waals surface area contributed by atoms with E-state index in [1.165, 1.54) is 21.0 Å². The maximum atomic E-state index is 14.3. The average molecular weight is 510 g/mol. The molecule has 2 atom stereocenters. The number of aryl methyl sites for hydroxylation is 1. The number of carbonyl (C=O) groups is 2. The summed E-state index contributed by atoms with van der Waals surface area (Å²) in [5.74, 6) is -2.26. The third-order valence-corrected chi connectivity index (χ3v) is 8.66. The normalized spacial score (nSPS) is 18.0. The molecule has 4 rings (SSSR count). The Balaban J connectivity index is 1.97. The lowest BCUT2D eigenvalue weighted by Crippen LogP contribution is -2.63. The second-order valence-electron chi connectivity index (χ2n) is 9.10. The van der Waals surface area contributed by atoms with Crippen molar-refractivity contribution in [3.63, 3.8) is 0 Å². The Morgan fingerprint density at radius 1 is 1.06 bits per heavy atom. The van der Waals surface area contributed by atoms with E-state index in [2.05, 4.69) is 10.0 Å². The van der Waals surface area contributed by atoms with Crippen molar-refractivity contribution in [1.82, 2.24) is 10.0 Å². The number of primary amides is 1. The van der Waals surface area contributed by atoms with E-state index >= 15 is 0 Å². The monoisotopic (exact) mass is 509 g/mol. The molecule has 190 valence electrons. The van der Waals surface area contributed by atoms with E-state index in [0.717, 1.165) is 26.2 Å². The Hall–Kier alpha value is -3.47. The Kier molecular flexibility index (Phi) is 6.78. The van der Waals surface area contributed by atoms with Crippen LogP contribution in [-0.2, 0) is 26.3 Å². The van der Waals surface area contributed by atoms with Crippen LogP contribution in [0, 0.1) is 12.8 Å². The molecule has 36 heavy (non-hydrogen) atoms. The standard InChI is InChI=1S/C26H31N5O4S/c1-17-13-14-18-9-5-6-10-19(18)20(17)15-30-22-11-7-8-12-23(22)31(36(34,35)29-4)16-21(24(30)32)26(2,28-3)25(27)33/h5-14,21,28-29H,15-16H2,1-4H3,(H2,27,33)/t21-,26?/m1/s1. The maximum absolute atomic E-state index is 14.3. The quantitative estimate of drug-likeness (QED) is 0.450. The van der Waals surface area contributed by atoms with Gasteiger partial charge in [0, 0.05) is 13.6 Å². The van der Waals surface area contributed by atoms with Crippen LogP contribution in [0.25, 0.3) is 10.8 Å². The number of likely N-dealkylation sites (N-methyl/N-ethyl adjacent to an activating group) is 1. The predicted molar refractivity (Wildman–Crippen MR) is 142 cm³/mol. The molecule has 0 bridgehead atoms. The van der Waals surface area contributed by atoms with Gasteiger partial charge in [0.2, 0.25) is 11.8 Å². The summed E-state index contributed by atoms with van der Waals surface area (Å²) in [6, 6.07) is 18.8. The topological polar surface area (TPSA) is 125 Å². The zero-order valence-electron chi connectivity index (χ0n) is 20.8. The molecular weight excluding hydrogens is 478 g/mol. The molecule has 2 amide bonds. The van der Waals surface area contributed by atoms with E-state index in [4.69, 9.17) is 5.73 Å². The van der Waals surface area contributed by atoms with E-state index in [0.29, 0.717) is 11.4 Å². The lowest BCUT2D eigenvalue weighted by molar-refractivity contribution is -0.133. The predicted octanol–water partition coefficient (Wildman–Crippen LogP) is 2.05. The van der Waals surface area contributed by atoms with E-state index in [1.54, 1.807) is 29.2 Å². The molecule has 1 unspecified atom stereocenters. The third-order valence-electron chi connectivity index (χ3n) is 7.22. The van der Waals surface area contributed by atoms with Crippen molar-refractivity contribution in [2.24, 2.45) is 11.7 Å². The molecule has 9 nitrogen and oxygen atoms in total. The number of nitrogens with zero attached hydrogens (tertiary/aromatic N) is 2. The van der Waals surface area contributed by atoms with Gasteiger partial charge in [0.1, 0.15) is 5.54 Å². The van der Waals surface area contributed by atoms with E-state index in [9.17, 15) is 18.0 Å². The number of hydrogen-bond acceptors (Lipinski definition) is 5. The first-order valence-corrected chi connectivity index (χ1v) is 13.1. The molecule has 0 fully saturated rings. The second-order valence-corrected chi connectivity index (χ2v) is 10.9. The van der Waals surface area contributed by atoms with Crippen molar-refractivity contribution in [2.75, 3.05) is 29.8 Å². The number of fused-ring (bicyclic) bond motifs is 2. The number of para-hydroxylation sites is 2. The average Bonchev–Trinajstić information content (AvgIpc) is 3.00. The number of hydrogen-bond donors (Lipinski definition) is 3. The molecule has 0 spiro atoms. The Morgan fingerprint density at radius 2 is 1.69 bits per heavy atom. The van der Waals surface area contributed by atoms with Gasteiger partial charge in [0.25, 0.3) is 0 Å². The van der Waals surface area contributed by atoms with Crippen LogP contribution in [-0.4, -0.2) is 46.4 Å². The SMILES string of the molecule is CNC(C)(C(N)=O)[C@@H]1CN(S(=O)(=O)NC)c2ccccc2N(Cc2c(C)ccc3ccccc23)C1=O. The van der Waals surface area contributed by atoms with Crippen LogP contribution in [0.3, 0.4) is 0 Å². The van der Waals surface area contributed by atoms with Crippen LogP contribution in [0.1, 0.15) is 18.1 Å². The Bertz CT molecular complexity index is 1440. The van der Waals surface area contributed by atoms with Crippen LogP contribution in [0.15, 0.2) is 60.7 Å². The summed E-state index contributed by atoms with van der Waals surface area (Å²) in [4.78, 5) is 28.4. The third kappa shape index (κ3) is 4.21. The smallest absolute Gasteiger partial charge is 0.301 e. The van der Waals surface area contributed by atoms with Crippen LogP contribution < -0.4 is 25.0 Å². The first-order valence-electron chi connectivity index (χ1n) is 11.6. The fourth-order valence-electron chi connectivity index (χ4n) is 4.76. The summed E-state index contributed by atoms with van der Waals surface area (Å²) >= 11 is 0. The zero-order chi connectivity index (χ0) is 26.3. The van der Waals surface area contributed by atoms with Crippen LogP contribution in [0.5, 0.6) is 0 Å². The molecule has 0 aliphatic carbocycles. The lowest BCUT2D eigenvalue weighted by Gasteiger charge is -2.36.